The van der Waals surface area contributed by atoms with Crippen molar-refractivity contribution in [2.24, 2.45) is 0 Å². The molecule has 0 saturated carbocycles. The number of nitrogens with zero attached hydrogens (tertiary/aromatic N) is 2. The van der Waals surface area contributed by atoms with E-state index in [2.05, 4.69) is 32.8 Å². The Balaban J connectivity index is 2.36. The molecule has 1 aromatic heterocycles. The molecule has 4 heteroatoms. The van der Waals surface area contributed by atoms with E-state index in [9.17, 15) is 0 Å². The lowest BCUT2D eigenvalue weighted by molar-refractivity contribution is 0.280. The van der Waals surface area contributed by atoms with Gasteiger partial charge in [-0.25, -0.2) is 9.97 Å². The lowest BCUT2D eigenvalue weighted by Gasteiger charge is -2.12. The van der Waals surface area contributed by atoms with Gasteiger partial charge in [0.2, 0.25) is 0 Å². The molecule has 0 aliphatic carbocycles. The molecule has 1 unspecified atom stereocenters. The van der Waals surface area contributed by atoms with Crippen LogP contribution in [0.2, 0.25) is 0 Å². The Morgan fingerprint density at radius 3 is 2.53 bits per heavy atom. The maximum atomic E-state index is 8.86. The fraction of sp³-hybridized carbons (Fsp3) is 0.385. The molecule has 0 radical (unpaired) electrons. The topological polar surface area (TPSA) is 46.0 Å². The largest absolute Gasteiger partial charge is 0.396 e. The van der Waals surface area contributed by atoms with Gasteiger partial charge in [-0.1, -0.05) is 19.1 Å². The molecule has 0 aliphatic heterocycles. The van der Waals surface area contributed by atoms with Gasteiger partial charge in [0.25, 0.3) is 0 Å². The van der Waals surface area contributed by atoms with Gasteiger partial charge in [0, 0.05) is 12.5 Å². The fourth-order valence-corrected chi connectivity index (χ4v) is 2.51. The summed E-state index contributed by atoms with van der Waals surface area (Å²) < 4.78 is 0.807. The Labute approximate surface area is 109 Å². The lowest BCUT2D eigenvalue weighted by Crippen LogP contribution is -2.02. The van der Waals surface area contributed by atoms with Crippen LogP contribution in [0.1, 0.15) is 31.4 Å². The van der Waals surface area contributed by atoms with Crippen molar-refractivity contribution < 1.29 is 5.11 Å². The Bertz CT molecular complexity index is 516. The maximum Gasteiger partial charge on any atom is 0.128 e. The summed E-state index contributed by atoms with van der Waals surface area (Å²) in [5.74, 6) is 0.300. The van der Waals surface area contributed by atoms with Crippen molar-refractivity contribution in [3.05, 3.63) is 34.6 Å². The van der Waals surface area contributed by atoms with Crippen molar-refractivity contribution >= 4 is 27.0 Å². The summed E-state index contributed by atoms with van der Waals surface area (Å²) in [5, 5.41) is 8.86. The third kappa shape index (κ3) is 2.82. The second-order valence-electron chi connectivity index (χ2n) is 4.16. The molecule has 1 heterocycles. The summed E-state index contributed by atoms with van der Waals surface area (Å²) >= 11 is 3.47. The van der Waals surface area contributed by atoms with Crippen LogP contribution in [0.3, 0.4) is 0 Å². The molecule has 2 aromatic rings. The number of aliphatic hydroxyl groups excluding tert-OH is 1. The third-order valence-corrected chi connectivity index (χ3v) is 3.40. The minimum absolute atomic E-state index is 0.225. The Hall–Kier alpha value is -1.00. The summed E-state index contributed by atoms with van der Waals surface area (Å²) in [6, 6.07) is 7.84. The number of para-hydroxylation sites is 2. The van der Waals surface area contributed by atoms with Gasteiger partial charge in [0.1, 0.15) is 4.60 Å². The van der Waals surface area contributed by atoms with E-state index < -0.39 is 0 Å². The quantitative estimate of drug-likeness (QED) is 0.941. The van der Waals surface area contributed by atoms with E-state index in [1.807, 2.05) is 24.3 Å². The van der Waals surface area contributed by atoms with Crippen LogP contribution in [0.5, 0.6) is 0 Å². The molecule has 1 N–H and O–H groups in total. The molecule has 0 fully saturated rings. The van der Waals surface area contributed by atoms with E-state index in [0.29, 0.717) is 5.92 Å². The Morgan fingerprint density at radius 1 is 1.24 bits per heavy atom. The van der Waals surface area contributed by atoms with Gasteiger partial charge in [-0.05, 0) is 40.9 Å². The van der Waals surface area contributed by atoms with E-state index in [1.165, 1.54) is 0 Å². The minimum Gasteiger partial charge on any atom is -0.396 e. The maximum absolute atomic E-state index is 8.86. The number of aliphatic hydroxyl groups is 1. The predicted molar refractivity (Wildman–Crippen MR) is 72.0 cm³/mol. The SMILES string of the molecule is CC(CCCO)c1nc2ccccc2nc1Br. The summed E-state index contributed by atoms with van der Waals surface area (Å²) in [7, 11) is 0. The Kier molecular flexibility index (Phi) is 4.07. The first kappa shape index (κ1) is 12.5. The number of hydrogen-bond acceptors (Lipinski definition) is 3. The van der Waals surface area contributed by atoms with Crippen LogP contribution in [-0.4, -0.2) is 21.7 Å². The predicted octanol–water partition coefficient (Wildman–Crippen LogP) is 3.27. The molecule has 1 atom stereocenters. The van der Waals surface area contributed by atoms with Gasteiger partial charge in [-0.15, -0.1) is 0 Å². The van der Waals surface area contributed by atoms with Gasteiger partial charge in [-0.2, -0.15) is 0 Å². The number of rotatable bonds is 4. The zero-order valence-electron chi connectivity index (χ0n) is 9.73. The van der Waals surface area contributed by atoms with Crippen LogP contribution in [0.4, 0.5) is 0 Å². The normalized spacial score (nSPS) is 12.9. The second kappa shape index (κ2) is 5.56. The molecular formula is C13H15BrN2O. The highest BCUT2D eigenvalue weighted by Gasteiger charge is 2.13. The van der Waals surface area contributed by atoms with E-state index >= 15 is 0 Å². The zero-order valence-corrected chi connectivity index (χ0v) is 11.3. The van der Waals surface area contributed by atoms with E-state index in [4.69, 9.17) is 5.11 Å². The number of halogens is 1. The summed E-state index contributed by atoms with van der Waals surface area (Å²) in [6.45, 7) is 2.34. The molecule has 90 valence electrons. The monoisotopic (exact) mass is 294 g/mol. The van der Waals surface area contributed by atoms with E-state index in [-0.39, 0.29) is 6.61 Å². The first-order valence-corrected chi connectivity index (χ1v) is 6.54. The number of aromatic nitrogens is 2. The first-order chi connectivity index (χ1) is 8.22. The summed E-state index contributed by atoms with van der Waals surface area (Å²) in [4.78, 5) is 9.13. The third-order valence-electron chi connectivity index (χ3n) is 2.81. The first-order valence-electron chi connectivity index (χ1n) is 5.75. The van der Waals surface area contributed by atoms with Crippen LogP contribution in [0.15, 0.2) is 28.9 Å². The smallest absolute Gasteiger partial charge is 0.128 e. The molecule has 17 heavy (non-hydrogen) atoms. The number of benzene rings is 1. The van der Waals surface area contributed by atoms with Gasteiger partial charge in [0.05, 0.1) is 16.7 Å². The van der Waals surface area contributed by atoms with Crippen molar-refractivity contribution in [3.63, 3.8) is 0 Å². The van der Waals surface area contributed by atoms with Gasteiger partial charge >= 0.3 is 0 Å². The van der Waals surface area contributed by atoms with Gasteiger partial charge < -0.3 is 5.11 Å². The highest BCUT2D eigenvalue weighted by atomic mass is 79.9. The minimum atomic E-state index is 0.225. The standard InChI is InChI=1S/C13H15BrN2O/c1-9(5-4-8-17)12-13(14)16-11-7-3-2-6-10(11)15-12/h2-3,6-7,9,17H,4-5,8H2,1H3. The molecule has 0 aliphatic rings. The Morgan fingerprint density at radius 2 is 1.88 bits per heavy atom. The van der Waals surface area contributed by atoms with Crippen molar-refractivity contribution in [2.75, 3.05) is 6.61 Å². The van der Waals surface area contributed by atoms with Crippen LogP contribution in [0.25, 0.3) is 11.0 Å². The molecule has 0 spiro atoms. The fourth-order valence-electron chi connectivity index (χ4n) is 1.84. The van der Waals surface area contributed by atoms with Crippen LogP contribution in [0, 0.1) is 0 Å². The molecule has 0 amide bonds. The molecule has 0 bridgehead atoms. The average Bonchev–Trinajstić information content (AvgIpc) is 2.35. The molecular weight excluding hydrogens is 280 g/mol. The lowest BCUT2D eigenvalue weighted by atomic mass is 10.0. The van der Waals surface area contributed by atoms with Crippen LogP contribution in [-0.2, 0) is 0 Å². The molecule has 2 rings (SSSR count). The molecule has 1 aromatic carbocycles. The average molecular weight is 295 g/mol. The summed E-state index contributed by atoms with van der Waals surface area (Å²) in [6.07, 6.45) is 1.71. The van der Waals surface area contributed by atoms with Gasteiger partial charge in [0.15, 0.2) is 0 Å². The number of fused-ring (bicyclic) bond motifs is 1. The van der Waals surface area contributed by atoms with Crippen LogP contribution < -0.4 is 0 Å². The molecule has 0 saturated heterocycles. The van der Waals surface area contributed by atoms with Crippen LogP contribution >= 0.6 is 15.9 Å². The number of hydrogen-bond donors (Lipinski definition) is 1. The van der Waals surface area contributed by atoms with E-state index in [0.717, 1.165) is 34.2 Å². The van der Waals surface area contributed by atoms with Crippen molar-refractivity contribution in [1.82, 2.24) is 9.97 Å². The highest BCUT2D eigenvalue weighted by molar-refractivity contribution is 9.10. The highest BCUT2D eigenvalue weighted by Crippen LogP contribution is 2.26. The van der Waals surface area contributed by atoms with E-state index in [1.54, 1.807) is 0 Å². The van der Waals surface area contributed by atoms with Crippen molar-refractivity contribution in [2.45, 2.75) is 25.7 Å². The van der Waals surface area contributed by atoms with Crippen molar-refractivity contribution in [3.8, 4) is 0 Å². The molecule has 3 nitrogen and oxygen atoms in total. The van der Waals surface area contributed by atoms with Crippen molar-refractivity contribution in [1.29, 1.82) is 0 Å². The zero-order chi connectivity index (χ0) is 12.3. The second-order valence-corrected chi connectivity index (χ2v) is 4.91. The summed E-state index contributed by atoms with van der Waals surface area (Å²) in [5.41, 5.74) is 2.79. The van der Waals surface area contributed by atoms with Gasteiger partial charge in [-0.3, -0.25) is 0 Å².